The van der Waals surface area contributed by atoms with Crippen molar-refractivity contribution in [3.63, 3.8) is 0 Å². The summed E-state index contributed by atoms with van der Waals surface area (Å²) in [6, 6.07) is 22.0. The molecule has 0 aromatic heterocycles. The lowest BCUT2D eigenvalue weighted by Gasteiger charge is -2.44. The predicted octanol–water partition coefficient (Wildman–Crippen LogP) is 5.05. The molecule has 8 heteroatoms. The van der Waals surface area contributed by atoms with Crippen LogP contribution in [0.2, 0.25) is 0 Å². The average molecular weight is 482 g/mol. The van der Waals surface area contributed by atoms with Crippen LogP contribution in [0.1, 0.15) is 28.9 Å². The van der Waals surface area contributed by atoms with Crippen molar-refractivity contribution in [1.29, 1.82) is 0 Å². The number of nitro benzene ring substituents is 1. The van der Waals surface area contributed by atoms with E-state index in [2.05, 4.69) is 21.2 Å². The van der Waals surface area contributed by atoms with Gasteiger partial charge in [0.05, 0.1) is 24.6 Å². The molecule has 0 amide bonds. The first-order chi connectivity index (χ1) is 15.0. The molecular formula is C23H20BrN3O4. The summed E-state index contributed by atoms with van der Waals surface area (Å²) in [5.74, 6) is -0.392. The molecule has 7 nitrogen and oxygen atoms in total. The number of carbonyl (C=O) groups excluding carboxylic acids is 1. The van der Waals surface area contributed by atoms with Gasteiger partial charge in [-0.25, -0.2) is 0 Å². The van der Waals surface area contributed by atoms with Crippen molar-refractivity contribution in [1.82, 2.24) is 4.90 Å². The number of rotatable bonds is 5. The maximum atomic E-state index is 12.4. The number of fused-ring (bicyclic) bond motifs is 1. The first-order valence-electron chi connectivity index (χ1n) is 9.66. The van der Waals surface area contributed by atoms with Crippen LogP contribution in [-0.2, 0) is 9.53 Å². The van der Waals surface area contributed by atoms with Crippen LogP contribution in [0.15, 0.2) is 77.3 Å². The van der Waals surface area contributed by atoms with Gasteiger partial charge in [0.1, 0.15) is 6.17 Å². The molecule has 158 valence electrons. The summed E-state index contributed by atoms with van der Waals surface area (Å²) in [5.41, 5.74) is 3.58. The Morgan fingerprint density at radius 2 is 1.84 bits per heavy atom. The van der Waals surface area contributed by atoms with Crippen molar-refractivity contribution in [3.8, 4) is 0 Å². The Labute approximate surface area is 187 Å². The normalized spacial score (nSPS) is 18.0. The van der Waals surface area contributed by atoms with Crippen LogP contribution in [-0.4, -0.2) is 29.4 Å². The predicted molar refractivity (Wildman–Crippen MR) is 121 cm³/mol. The van der Waals surface area contributed by atoms with Gasteiger partial charge in [-0.05, 0) is 34.9 Å². The second-order valence-electron chi connectivity index (χ2n) is 7.19. The summed E-state index contributed by atoms with van der Waals surface area (Å²) in [6.07, 6.45) is -0.474. The molecule has 1 aliphatic rings. The van der Waals surface area contributed by atoms with Crippen LogP contribution in [0.5, 0.6) is 0 Å². The van der Waals surface area contributed by atoms with Crippen molar-refractivity contribution in [3.05, 3.63) is 104 Å². The summed E-state index contributed by atoms with van der Waals surface area (Å²) in [6.45, 7) is 0.00235. The number of halogens is 1. The van der Waals surface area contributed by atoms with Gasteiger partial charge in [0.25, 0.3) is 5.69 Å². The van der Waals surface area contributed by atoms with Gasteiger partial charge in [0.15, 0.2) is 0 Å². The number of hydrogen-bond acceptors (Lipinski definition) is 6. The van der Waals surface area contributed by atoms with E-state index < -0.39 is 17.1 Å². The van der Waals surface area contributed by atoms with E-state index in [0.717, 1.165) is 21.3 Å². The molecule has 0 saturated heterocycles. The number of esters is 1. The number of anilines is 1. The second-order valence-corrected chi connectivity index (χ2v) is 8.11. The smallest absolute Gasteiger partial charge is 0.319 e. The van der Waals surface area contributed by atoms with Crippen LogP contribution in [0, 0.1) is 10.1 Å². The quantitative estimate of drug-likeness (QED) is 0.312. The molecule has 0 aliphatic carbocycles. The highest BCUT2D eigenvalue weighted by Gasteiger charge is 2.37. The fourth-order valence-corrected chi connectivity index (χ4v) is 4.31. The molecule has 0 unspecified atom stereocenters. The molecule has 31 heavy (non-hydrogen) atoms. The maximum absolute atomic E-state index is 12.4. The highest BCUT2D eigenvalue weighted by atomic mass is 79.9. The number of ether oxygens (including phenoxy) is 1. The Balaban J connectivity index is 1.90. The summed E-state index contributed by atoms with van der Waals surface area (Å²) < 4.78 is 5.89. The van der Waals surface area contributed by atoms with Crippen LogP contribution in [0.3, 0.4) is 0 Å². The van der Waals surface area contributed by atoms with Crippen molar-refractivity contribution >= 4 is 33.3 Å². The minimum absolute atomic E-state index is 0.00235. The average Bonchev–Trinajstić information content (AvgIpc) is 2.79. The second kappa shape index (κ2) is 8.87. The van der Waals surface area contributed by atoms with Gasteiger partial charge in [0.2, 0.25) is 0 Å². The lowest BCUT2D eigenvalue weighted by Crippen LogP contribution is -2.44. The Hall–Kier alpha value is -3.23. The number of nitrogens with zero attached hydrogens (tertiary/aromatic N) is 2. The third-order valence-electron chi connectivity index (χ3n) is 5.32. The highest BCUT2D eigenvalue weighted by molar-refractivity contribution is 9.10. The topological polar surface area (TPSA) is 84.7 Å². The third-order valence-corrected chi connectivity index (χ3v) is 5.81. The van der Waals surface area contributed by atoms with Gasteiger partial charge >= 0.3 is 5.97 Å². The van der Waals surface area contributed by atoms with E-state index in [4.69, 9.17) is 4.74 Å². The van der Waals surface area contributed by atoms with Crippen molar-refractivity contribution in [2.75, 3.05) is 19.0 Å². The SMILES string of the molecule is COC(=O)CN1[C@H](c2ccccc2)c2cc(Br)ccc2N[C@H]1c1cccc([N+](=O)[O-])c1. The van der Waals surface area contributed by atoms with Gasteiger partial charge in [-0.2, -0.15) is 0 Å². The summed E-state index contributed by atoms with van der Waals surface area (Å²) in [4.78, 5) is 25.3. The molecule has 4 rings (SSSR count). The van der Waals surface area contributed by atoms with E-state index >= 15 is 0 Å². The standard InChI is InChI=1S/C23H20BrN3O4/c1-31-21(28)14-26-22(15-6-3-2-4-7-15)19-13-17(24)10-11-20(19)25-23(26)16-8-5-9-18(12-16)27(29)30/h2-13,22-23,25H,14H2,1H3/t22-,23-/m1/s1. The Bertz CT molecular complexity index is 1120. The Morgan fingerprint density at radius 1 is 1.10 bits per heavy atom. The molecule has 1 heterocycles. The molecule has 0 fully saturated rings. The molecule has 3 aromatic carbocycles. The van der Waals surface area contributed by atoms with Crippen LogP contribution >= 0.6 is 15.9 Å². The van der Waals surface area contributed by atoms with Gasteiger partial charge in [0, 0.05) is 22.3 Å². The molecular weight excluding hydrogens is 462 g/mol. The minimum Gasteiger partial charge on any atom is -0.468 e. The number of non-ortho nitro benzene ring substituents is 1. The number of nitrogens with one attached hydrogen (secondary N) is 1. The zero-order valence-electron chi connectivity index (χ0n) is 16.7. The zero-order chi connectivity index (χ0) is 22.0. The Morgan fingerprint density at radius 3 is 2.55 bits per heavy atom. The van der Waals surface area contributed by atoms with E-state index in [1.807, 2.05) is 59.5 Å². The lowest BCUT2D eigenvalue weighted by atomic mass is 9.91. The number of carbonyl (C=O) groups is 1. The van der Waals surface area contributed by atoms with Crippen molar-refractivity contribution in [2.24, 2.45) is 0 Å². The fraction of sp³-hybridized carbons (Fsp3) is 0.174. The first-order valence-corrected chi connectivity index (χ1v) is 10.4. The first kappa shape index (κ1) is 21.0. The monoisotopic (exact) mass is 481 g/mol. The lowest BCUT2D eigenvalue weighted by molar-refractivity contribution is -0.384. The fourth-order valence-electron chi connectivity index (χ4n) is 3.93. The van der Waals surface area contributed by atoms with E-state index in [9.17, 15) is 14.9 Å². The number of methoxy groups -OCH3 is 1. The van der Waals surface area contributed by atoms with Crippen molar-refractivity contribution in [2.45, 2.75) is 12.2 Å². The van der Waals surface area contributed by atoms with E-state index in [1.54, 1.807) is 6.07 Å². The molecule has 1 N–H and O–H groups in total. The summed E-state index contributed by atoms with van der Waals surface area (Å²) >= 11 is 3.55. The molecule has 0 radical (unpaired) electrons. The molecule has 2 atom stereocenters. The molecule has 0 spiro atoms. The third kappa shape index (κ3) is 4.30. The van der Waals surface area contributed by atoms with E-state index in [1.165, 1.54) is 19.2 Å². The van der Waals surface area contributed by atoms with Crippen LogP contribution in [0.25, 0.3) is 0 Å². The molecule has 0 saturated carbocycles. The van der Waals surface area contributed by atoms with Gasteiger partial charge in [-0.1, -0.05) is 58.4 Å². The summed E-state index contributed by atoms with van der Waals surface area (Å²) in [5, 5.41) is 14.8. The van der Waals surface area contributed by atoms with Crippen LogP contribution in [0.4, 0.5) is 11.4 Å². The van der Waals surface area contributed by atoms with E-state index in [-0.39, 0.29) is 18.3 Å². The van der Waals surface area contributed by atoms with Gasteiger partial charge in [-0.3, -0.25) is 19.8 Å². The number of hydrogen-bond donors (Lipinski definition) is 1. The molecule has 3 aromatic rings. The molecule has 0 bridgehead atoms. The van der Waals surface area contributed by atoms with Gasteiger partial charge in [-0.15, -0.1) is 0 Å². The number of nitro groups is 1. The van der Waals surface area contributed by atoms with Gasteiger partial charge < -0.3 is 10.1 Å². The maximum Gasteiger partial charge on any atom is 0.319 e. The number of benzene rings is 3. The Kier molecular flexibility index (Phi) is 6.01. The zero-order valence-corrected chi connectivity index (χ0v) is 18.3. The van der Waals surface area contributed by atoms with E-state index in [0.29, 0.717) is 5.56 Å². The van der Waals surface area contributed by atoms with Crippen LogP contribution < -0.4 is 5.32 Å². The summed E-state index contributed by atoms with van der Waals surface area (Å²) in [7, 11) is 1.35. The minimum atomic E-state index is -0.474. The highest BCUT2D eigenvalue weighted by Crippen LogP contribution is 2.45. The largest absolute Gasteiger partial charge is 0.468 e. The van der Waals surface area contributed by atoms with Crippen molar-refractivity contribution < 1.29 is 14.5 Å². The molecule has 1 aliphatic heterocycles.